The van der Waals surface area contributed by atoms with Gasteiger partial charge in [0.05, 0.1) is 23.7 Å². The van der Waals surface area contributed by atoms with Gasteiger partial charge in [0.15, 0.2) is 0 Å². The molecule has 1 saturated heterocycles. The van der Waals surface area contributed by atoms with Crippen LogP contribution in [0.15, 0.2) is 47.4 Å². The SMILES string of the molecule is COc1ccc(S(=O)(=O)N[C@H]2CC3(CCCCC3)Oc3ccccc32)cc1N1C(=O)CCC1=O. The third kappa shape index (κ3) is 4.07. The highest BCUT2D eigenvalue weighted by atomic mass is 32.2. The van der Waals surface area contributed by atoms with Crippen LogP contribution >= 0.6 is 0 Å². The van der Waals surface area contributed by atoms with Crippen LogP contribution in [0.5, 0.6) is 11.5 Å². The van der Waals surface area contributed by atoms with Gasteiger partial charge in [-0.3, -0.25) is 9.59 Å². The van der Waals surface area contributed by atoms with Crippen LogP contribution < -0.4 is 19.1 Å². The topological polar surface area (TPSA) is 102 Å². The normalized spacial score (nSPS) is 21.9. The van der Waals surface area contributed by atoms with Gasteiger partial charge in [0.25, 0.3) is 0 Å². The Kier molecular flexibility index (Phi) is 5.85. The van der Waals surface area contributed by atoms with Crippen molar-refractivity contribution in [3.8, 4) is 11.5 Å². The first-order valence-corrected chi connectivity index (χ1v) is 13.1. The highest BCUT2D eigenvalue weighted by Gasteiger charge is 2.43. The fourth-order valence-corrected chi connectivity index (χ4v) is 6.57. The molecule has 8 nitrogen and oxygen atoms in total. The quantitative estimate of drug-likeness (QED) is 0.647. The third-order valence-corrected chi connectivity index (χ3v) is 8.48. The molecule has 0 radical (unpaired) electrons. The Morgan fingerprint density at radius 3 is 2.44 bits per heavy atom. The maximum Gasteiger partial charge on any atom is 0.241 e. The van der Waals surface area contributed by atoms with Crippen LogP contribution in [0.25, 0.3) is 0 Å². The van der Waals surface area contributed by atoms with E-state index >= 15 is 0 Å². The number of rotatable bonds is 5. The number of hydrogen-bond donors (Lipinski definition) is 1. The summed E-state index contributed by atoms with van der Waals surface area (Å²) in [7, 11) is -2.56. The Labute approximate surface area is 199 Å². The summed E-state index contributed by atoms with van der Waals surface area (Å²) in [5.74, 6) is 0.235. The number of amides is 2. The average Bonchev–Trinajstić information content (AvgIpc) is 3.16. The van der Waals surface area contributed by atoms with Gasteiger partial charge in [0.2, 0.25) is 21.8 Å². The van der Waals surface area contributed by atoms with Gasteiger partial charge in [-0.1, -0.05) is 24.6 Å². The lowest BCUT2D eigenvalue weighted by Gasteiger charge is -2.44. The van der Waals surface area contributed by atoms with Crippen LogP contribution in [0.1, 0.15) is 63.0 Å². The molecule has 2 aliphatic heterocycles. The largest absolute Gasteiger partial charge is 0.495 e. The second-order valence-corrected chi connectivity index (χ2v) is 10.9. The highest BCUT2D eigenvalue weighted by molar-refractivity contribution is 7.89. The van der Waals surface area contributed by atoms with E-state index in [0.29, 0.717) is 12.2 Å². The van der Waals surface area contributed by atoms with Crippen molar-refractivity contribution in [2.45, 2.75) is 67.9 Å². The average molecular weight is 485 g/mol. The van der Waals surface area contributed by atoms with E-state index in [0.717, 1.165) is 42.6 Å². The van der Waals surface area contributed by atoms with Gasteiger partial charge in [-0.15, -0.1) is 0 Å². The highest BCUT2D eigenvalue weighted by Crippen LogP contribution is 2.46. The van der Waals surface area contributed by atoms with Gasteiger partial charge in [-0.25, -0.2) is 18.0 Å². The Hall–Kier alpha value is -2.91. The lowest BCUT2D eigenvalue weighted by Crippen LogP contribution is -2.46. The van der Waals surface area contributed by atoms with Crippen molar-refractivity contribution < 1.29 is 27.5 Å². The van der Waals surface area contributed by atoms with Crippen molar-refractivity contribution in [1.29, 1.82) is 0 Å². The first-order chi connectivity index (χ1) is 16.3. The van der Waals surface area contributed by atoms with Crippen LogP contribution in [0.2, 0.25) is 0 Å². The zero-order chi connectivity index (χ0) is 23.9. The number of carbonyl (C=O) groups is 2. The molecule has 3 aliphatic rings. The van der Waals surface area contributed by atoms with Crippen molar-refractivity contribution in [2.24, 2.45) is 0 Å². The van der Waals surface area contributed by atoms with Gasteiger partial charge in [-0.05, 0) is 49.9 Å². The molecular formula is C25H28N2O6S. The predicted octanol–water partition coefficient (Wildman–Crippen LogP) is 3.85. The molecule has 1 atom stereocenters. The number of imide groups is 1. The first-order valence-electron chi connectivity index (χ1n) is 11.7. The number of anilines is 1. The van der Waals surface area contributed by atoms with Gasteiger partial charge >= 0.3 is 0 Å². The first kappa shape index (κ1) is 22.9. The number of ether oxygens (including phenoxy) is 2. The molecule has 2 heterocycles. The van der Waals surface area contributed by atoms with Crippen molar-refractivity contribution in [3.63, 3.8) is 0 Å². The zero-order valence-corrected chi connectivity index (χ0v) is 19.9. The molecule has 0 bridgehead atoms. The number of sulfonamides is 1. The maximum atomic E-state index is 13.5. The molecule has 5 rings (SSSR count). The van der Waals surface area contributed by atoms with E-state index < -0.39 is 16.1 Å². The summed E-state index contributed by atoms with van der Waals surface area (Å²) >= 11 is 0. The standard InChI is InChI=1S/C25H28N2O6S/c1-32-22-10-9-17(15-20(22)27-23(28)11-12-24(27)29)34(30,31)26-19-16-25(13-5-2-6-14-25)33-21-8-4-3-7-18(19)21/h3-4,7-10,15,19,26H,2,5-6,11-14,16H2,1H3/t19-/m0/s1. The van der Waals surface area contributed by atoms with E-state index in [2.05, 4.69) is 4.72 Å². The van der Waals surface area contributed by atoms with E-state index in [1.54, 1.807) is 0 Å². The van der Waals surface area contributed by atoms with E-state index in [-0.39, 0.29) is 46.6 Å². The molecule has 2 fully saturated rings. The minimum atomic E-state index is -3.98. The summed E-state index contributed by atoms with van der Waals surface area (Å²) in [5.41, 5.74) is 0.578. The molecule has 0 aromatic heterocycles. The number of nitrogens with one attached hydrogen (secondary N) is 1. The molecule has 0 unspecified atom stereocenters. The van der Waals surface area contributed by atoms with E-state index in [1.807, 2.05) is 24.3 Å². The van der Waals surface area contributed by atoms with Crippen molar-refractivity contribution in [1.82, 2.24) is 4.72 Å². The van der Waals surface area contributed by atoms with Crippen LogP contribution in [0.3, 0.4) is 0 Å². The molecule has 1 aliphatic carbocycles. The van der Waals surface area contributed by atoms with E-state index in [4.69, 9.17) is 9.47 Å². The molecule has 34 heavy (non-hydrogen) atoms. The molecule has 1 spiro atoms. The summed E-state index contributed by atoms with van der Waals surface area (Å²) in [6.07, 6.45) is 5.80. The molecule has 9 heteroatoms. The van der Waals surface area contributed by atoms with Crippen LogP contribution in [-0.4, -0.2) is 32.9 Å². The lowest BCUT2D eigenvalue weighted by atomic mass is 9.77. The Morgan fingerprint density at radius 1 is 1.03 bits per heavy atom. The number of hydrogen-bond acceptors (Lipinski definition) is 6. The second kappa shape index (κ2) is 8.70. The molecule has 1 N–H and O–H groups in total. The summed E-state index contributed by atoms with van der Waals surface area (Å²) in [4.78, 5) is 25.6. The van der Waals surface area contributed by atoms with Gasteiger partial charge in [0, 0.05) is 24.8 Å². The second-order valence-electron chi connectivity index (χ2n) is 9.22. The fourth-order valence-electron chi connectivity index (χ4n) is 5.34. The maximum absolute atomic E-state index is 13.5. The van der Waals surface area contributed by atoms with Crippen LogP contribution in [0.4, 0.5) is 5.69 Å². The molecule has 2 amide bonds. The smallest absolute Gasteiger partial charge is 0.241 e. The van der Waals surface area contributed by atoms with Gasteiger partial charge in [-0.2, -0.15) is 0 Å². The monoisotopic (exact) mass is 484 g/mol. The predicted molar refractivity (Wildman–Crippen MR) is 125 cm³/mol. The van der Waals surface area contributed by atoms with Crippen molar-refractivity contribution in [3.05, 3.63) is 48.0 Å². The summed E-state index contributed by atoms with van der Waals surface area (Å²) < 4.78 is 41.7. The minimum Gasteiger partial charge on any atom is -0.495 e. The summed E-state index contributed by atoms with van der Waals surface area (Å²) in [5, 5.41) is 0. The number of nitrogens with zero attached hydrogens (tertiary/aromatic N) is 1. The van der Waals surface area contributed by atoms with E-state index in [1.165, 1.54) is 25.3 Å². The number of benzene rings is 2. The fraction of sp³-hybridized carbons (Fsp3) is 0.440. The Bertz CT molecular complexity index is 1220. The molecule has 1 saturated carbocycles. The molecule has 2 aromatic carbocycles. The van der Waals surface area contributed by atoms with Crippen molar-refractivity contribution >= 4 is 27.5 Å². The van der Waals surface area contributed by atoms with Gasteiger partial charge < -0.3 is 9.47 Å². The summed E-state index contributed by atoms with van der Waals surface area (Å²) in [6.45, 7) is 0. The van der Waals surface area contributed by atoms with Crippen LogP contribution in [-0.2, 0) is 19.6 Å². The molecular weight excluding hydrogens is 456 g/mol. The lowest BCUT2D eigenvalue weighted by molar-refractivity contribution is -0.121. The van der Waals surface area contributed by atoms with Gasteiger partial charge in [0.1, 0.15) is 17.1 Å². The molecule has 180 valence electrons. The van der Waals surface area contributed by atoms with E-state index in [9.17, 15) is 18.0 Å². The zero-order valence-electron chi connectivity index (χ0n) is 19.1. The molecule has 2 aromatic rings. The van der Waals surface area contributed by atoms with Crippen LogP contribution in [0, 0.1) is 0 Å². The number of carbonyl (C=O) groups excluding carboxylic acids is 2. The number of fused-ring (bicyclic) bond motifs is 1. The number of methoxy groups -OCH3 is 1. The third-order valence-electron chi connectivity index (χ3n) is 7.01. The Morgan fingerprint density at radius 2 is 1.74 bits per heavy atom. The Balaban J connectivity index is 1.49. The van der Waals surface area contributed by atoms with Crippen molar-refractivity contribution in [2.75, 3.05) is 12.0 Å². The number of para-hydroxylation sites is 1. The summed E-state index contributed by atoms with van der Waals surface area (Å²) in [6, 6.07) is 11.3. The minimum absolute atomic E-state index is 0.0301.